The number of thiophene rings is 1. The van der Waals surface area contributed by atoms with Gasteiger partial charge < -0.3 is 4.57 Å². The van der Waals surface area contributed by atoms with Crippen molar-refractivity contribution in [3.63, 3.8) is 0 Å². The summed E-state index contributed by atoms with van der Waals surface area (Å²) in [5.41, 5.74) is 4.64. The van der Waals surface area contributed by atoms with E-state index in [0.717, 1.165) is 33.0 Å². The van der Waals surface area contributed by atoms with Crippen LogP contribution in [0.3, 0.4) is 0 Å². The predicted octanol–water partition coefficient (Wildman–Crippen LogP) is 6.42. The number of hydrogen-bond acceptors (Lipinski definition) is 6. The molecule has 0 amide bonds. The van der Waals surface area contributed by atoms with Gasteiger partial charge in [-0.1, -0.05) is 53.7 Å². The molecule has 0 fully saturated rings. The first-order valence-electron chi connectivity index (χ1n) is 9.19. The number of benzene rings is 2. The number of aromatic nitrogens is 4. The Labute approximate surface area is 181 Å². The molecule has 0 spiro atoms. The van der Waals surface area contributed by atoms with E-state index in [1.54, 1.807) is 34.4 Å². The van der Waals surface area contributed by atoms with Crippen molar-refractivity contribution in [3.05, 3.63) is 70.5 Å². The molecule has 0 unspecified atom stereocenters. The van der Waals surface area contributed by atoms with Gasteiger partial charge in [-0.05, 0) is 19.1 Å². The van der Waals surface area contributed by atoms with Crippen LogP contribution in [-0.2, 0) is 12.8 Å². The first-order chi connectivity index (χ1) is 14.2. The third-order valence-electron chi connectivity index (χ3n) is 4.72. The zero-order valence-corrected chi connectivity index (χ0v) is 18.4. The molecule has 0 saturated heterocycles. The lowest BCUT2D eigenvalue weighted by atomic mass is 10.1. The third-order valence-corrected chi connectivity index (χ3v) is 7.68. The Morgan fingerprint density at radius 2 is 1.90 bits per heavy atom. The molecule has 144 valence electrons. The van der Waals surface area contributed by atoms with Crippen LogP contribution in [0.5, 0.6) is 0 Å². The van der Waals surface area contributed by atoms with Gasteiger partial charge in [0.25, 0.3) is 0 Å². The maximum absolute atomic E-state index is 4.81. The minimum atomic E-state index is 0.776. The van der Waals surface area contributed by atoms with E-state index in [1.165, 1.54) is 21.2 Å². The number of nitrogens with zero attached hydrogens (tertiary/aromatic N) is 4. The molecule has 0 aliphatic heterocycles. The quantitative estimate of drug-likeness (QED) is 0.299. The number of fused-ring (bicyclic) bond motifs is 1. The highest BCUT2D eigenvalue weighted by Gasteiger charge is 2.15. The number of rotatable bonds is 5. The summed E-state index contributed by atoms with van der Waals surface area (Å²) in [6, 6.07) is 16.9. The van der Waals surface area contributed by atoms with Crippen LogP contribution in [0.2, 0.25) is 0 Å². The maximum atomic E-state index is 4.81. The summed E-state index contributed by atoms with van der Waals surface area (Å²) in [4.78, 5) is 4.81. The van der Waals surface area contributed by atoms with Crippen LogP contribution >= 0.6 is 34.4 Å². The monoisotopic (exact) mass is 434 g/mol. The molecule has 2 aromatic carbocycles. The van der Waals surface area contributed by atoms with Gasteiger partial charge in [-0.3, -0.25) is 0 Å². The molecule has 0 saturated carbocycles. The van der Waals surface area contributed by atoms with Gasteiger partial charge in [0.2, 0.25) is 0 Å². The van der Waals surface area contributed by atoms with Crippen LogP contribution in [0.4, 0.5) is 0 Å². The van der Waals surface area contributed by atoms with Crippen molar-refractivity contribution in [2.45, 2.75) is 17.8 Å². The van der Waals surface area contributed by atoms with Crippen molar-refractivity contribution < 1.29 is 0 Å². The molecule has 0 N–H and O–H groups in total. The van der Waals surface area contributed by atoms with E-state index in [4.69, 9.17) is 4.98 Å². The second-order valence-corrected chi connectivity index (χ2v) is 9.52. The Hall–Kier alpha value is -2.48. The lowest BCUT2D eigenvalue weighted by Crippen LogP contribution is -1.94. The van der Waals surface area contributed by atoms with Crippen LogP contribution in [0.15, 0.2) is 64.4 Å². The van der Waals surface area contributed by atoms with Crippen LogP contribution < -0.4 is 0 Å². The summed E-state index contributed by atoms with van der Waals surface area (Å²) < 4.78 is 3.35. The summed E-state index contributed by atoms with van der Waals surface area (Å²) in [6.45, 7) is 2.11. The summed E-state index contributed by atoms with van der Waals surface area (Å²) >= 11 is 5.10. The molecule has 29 heavy (non-hydrogen) atoms. The van der Waals surface area contributed by atoms with Crippen molar-refractivity contribution in [1.29, 1.82) is 0 Å². The van der Waals surface area contributed by atoms with Crippen molar-refractivity contribution in [1.82, 2.24) is 19.7 Å². The molecule has 0 atom stereocenters. The van der Waals surface area contributed by atoms with E-state index in [-0.39, 0.29) is 0 Å². The van der Waals surface area contributed by atoms with Crippen LogP contribution in [0, 0.1) is 6.92 Å². The average Bonchev–Trinajstić information content (AvgIpc) is 3.45. The van der Waals surface area contributed by atoms with Gasteiger partial charge in [-0.15, -0.1) is 32.9 Å². The lowest BCUT2D eigenvalue weighted by Gasteiger charge is -2.02. The largest absolute Gasteiger partial charge is 0.305 e. The van der Waals surface area contributed by atoms with E-state index in [1.807, 2.05) is 7.05 Å². The topological polar surface area (TPSA) is 43.6 Å². The summed E-state index contributed by atoms with van der Waals surface area (Å²) in [5, 5.41) is 16.4. The van der Waals surface area contributed by atoms with Crippen LogP contribution in [0.25, 0.3) is 32.0 Å². The smallest absolute Gasteiger partial charge is 0.191 e. The predicted molar refractivity (Wildman–Crippen MR) is 124 cm³/mol. The van der Waals surface area contributed by atoms with Crippen molar-refractivity contribution in [2.75, 3.05) is 0 Å². The van der Waals surface area contributed by atoms with Crippen molar-refractivity contribution in [3.8, 4) is 22.0 Å². The molecule has 5 aromatic rings. The Morgan fingerprint density at radius 1 is 1.00 bits per heavy atom. The SMILES string of the molecule is Cc1cccc(-c2nc(CSc3nnc(-c4csc5ccccc45)n3C)cs2)c1. The van der Waals surface area contributed by atoms with E-state index < -0.39 is 0 Å². The molecular formula is C22H18N4S3. The lowest BCUT2D eigenvalue weighted by molar-refractivity contribution is 0.794. The van der Waals surface area contributed by atoms with Gasteiger partial charge in [-0.2, -0.15) is 0 Å². The number of thioether (sulfide) groups is 1. The molecule has 7 heteroatoms. The summed E-state index contributed by atoms with van der Waals surface area (Å²) in [7, 11) is 2.03. The van der Waals surface area contributed by atoms with Gasteiger partial charge in [0.05, 0.1) is 5.69 Å². The van der Waals surface area contributed by atoms with E-state index in [2.05, 4.69) is 81.0 Å². The summed E-state index contributed by atoms with van der Waals surface area (Å²) in [5.74, 6) is 1.68. The number of hydrogen-bond donors (Lipinski definition) is 0. The molecule has 4 nitrogen and oxygen atoms in total. The Kier molecular flexibility index (Phi) is 4.95. The van der Waals surface area contributed by atoms with Gasteiger partial charge in [0.1, 0.15) is 5.01 Å². The van der Waals surface area contributed by atoms with E-state index in [9.17, 15) is 0 Å². The standard InChI is InChI=1S/C22H18N4S3/c1-14-6-5-7-15(10-14)21-23-16(11-28-21)12-29-22-25-24-20(26(22)2)18-13-27-19-9-4-3-8-17(18)19/h3-11,13H,12H2,1-2H3. The first-order valence-corrected chi connectivity index (χ1v) is 11.9. The number of thiazole rings is 1. The zero-order valence-electron chi connectivity index (χ0n) is 16.0. The molecule has 3 heterocycles. The van der Waals surface area contributed by atoms with Gasteiger partial charge in [-0.25, -0.2) is 4.98 Å². The fourth-order valence-electron chi connectivity index (χ4n) is 3.25. The Bertz CT molecular complexity index is 1300. The normalized spacial score (nSPS) is 11.4. The van der Waals surface area contributed by atoms with E-state index in [0.29, 0.717) is 0 Å². The van der Waals surface area contributed by atoms with Gasteiger partial charge >= 0.3 is 0 Å². The minimum Gasteiger partial charge on any atom is -0.305 e. The van der Waals surface area contributed by atoms with E-state index >= 15 is 0 Å². The minimum absolute atomic E-state index is 0.776. The maximum Gasteiger partial charge on any atom is 0.191 e. The second kappa shape index (κ2) is 7.74. The highest BCUT2D eigenvalue weighted by molar-refractivity contribution is 7.98. The number of aryl methyl sites for hydroxylation is 1. The average molecular weight is 435 g/mol. The third kappa shape index (κ3) is 3.61. The molecular weight excluding hydrogens is 416 g/mol. The zero-order chi connectivity index (χ0) is 19.8. The highest BCUT2D eigenvalue weighted by Crippen LogP contribution is 2.34. The van der Waals surface area contributed by atoms with Gasteiger partial charge in [0, 0.05) is 44.8 Å². The van der Waals surface area contributed by atoms with Gasteiger partial charge in [0.15, 0.2) is 11.0 Å². The molecule has 5 rings (SSSR count). The van der Waals surface area contributed by atoms with Crippen molar-refractivity contribution in [2.24, 2.45) is 7.05 Å². The van der Waals surface area contributed by atoms with Crippen LogP contribution in [0.1, 0.15) is 11.3 Å². The van der Waals surface area contributed by atoms with Crippen molar-refractivity contribution >= 4 is 44.5 Å². The summed E-state index contributed by atoms with van der Waals surface area (Å²) in [6.07, 6.45) is 0. The molecule has 3 aromatic heterocycles. The fraction of sp³-hybridized carbons (Fsp3) is 0.136. The Balaban J connectivity index is 1.35. The first kappa shape index (κ1) is 18.5. The second-order valence-electron chi connectivity index (χ2n) is 6.81. The van der Waals surface area contributed by atoms with Crippen LogP contribution in [-0.4, -0.2) is 19.7 Å². The molecule has 0 aliphatic carbocycles. The fourth-order valence-corrected chi connectivity index (χ4v) is 5.91. The highest BCUT2D eigenvalue weighted by atomic mass is 32.2. The molecule has 0 bridgehead atoms. The molecule has 0 aliphatic rings. The Morgan fingerprint density at radius 3 is 2.79 bits per heavy atom. The molecule has 0 radical (unpaired) electrons.